The van der Waals surface area contributed by atoms with Gasteiger partial charge in [-0.3, -0.25) is 4.79 Å². The maximum atomic E-state index is 12.2. The summed E-state index contributed by atoms with van der Waals surface area (Å²) in [7, 11) is 1.84. The summed E-state index contributed by atoms with van der Waals surface area (Å²) in [5.41, 5.74) is 2.26. The highest BCUT2D eigenvalue weighted by Gasteiger charge is 2.08. The number of hydrogen-bond acceptors (Lipinski definition) is 3. The number of carbonyl (C=O) groups excluding carboxylic acids is 1. The lowest BCUT2D eigenvalue weighted by atomic mass is 10.0. The van der Waals surface area contributed by atoms with Crippen LogP contribution >= 0.6 is 0 Å². The highest BCUT2D eigenvalue weighted by atomic mass is 16.1. The van der Waals surface area contributed by atoms with E-state index in [1.807, 2.05) is 42.3 Å². The summed E-state index contributed by atoms with van der Waals surface area (Å²) in [5.74, 6) is 0.00934. The van der Waals surface area contributed by atoms with Gasteiger partial charge in [0.2, 0.25) is 0 Å². The van der Waals surface area contributed by atoms with E-state index in [0.717, 1.165) is 5.69 Å². The van der Waals surface area contributed by atoms with E-state index in [-0.39, 0.29) is 5.78 Å². The number of anilines is 1. The molecule has 3 nitrogen and oxygen atoms in total. The van der Waals surface area contributed by atoms with E-state index in [1.54, 1.807) is 24.3 Å². The Bertz CT molecular complexity index is 597. The first-order valence-corrected chi connectivity index (χ1v) is 6.00. The van der Waals surface area contributed by atoms with Crippen molar-refractivity contribution in [2.75, 3.05) is 18.5 Å². The second-order valence-electron chi connectivity index (χ2n) is 4.26. The summed E-state index contributed by atoms with van der Waals surface area (Å²) in [6, 6.07) is 18.6. The predicted molar refractivity (Wildman–Crippen MR) is 75.2 cm³/mol. The Labute approximate surface area is 112 Å². The van der Waals surface area contributed by atoms with E-state index in [4.69, 9.17) is 5.26 Å². The predicted octanol–water partition coefficient (Wildman–Crippen LogP) is 2.88. The average molecular weight is 250 g/mol. The van der Waals surface area contributed by atoms with Gasteiger partial charge in [-0.25, -0.2) is 0 Å². The van der Waals surface area contributed by atoms with E-state index in [9.17, 15) is 4.79 Å². The molecule has 0 aromatic heterocycles. The van der Waals surface area contributed by atoms with Gasteiger partial charge in [0.25, 0.3) is 0 Å². The molecular weight excluding hydrogens is 236 g/mol. The van der Waals surface area contributed by atoms with Crippen molar-refractivity contribution in [2.45, 2.75) is 0 Å². The Kier molecular flexibility index (Phi) is 3.94. The molecule has 0 radical (unpaired) electrons. The Morgan fingerprint density at radius 2 is 1.63 bits per heavy atom. The Morgan fingerprint density at radius 3 is 2.21 bits per heavy atom. The summed E-state index contributed by atoms with van der Waals surface area (Å²) in [6.07, 6.45) is 0. The fourth-order valence-corrected chi connectivity index (χ4v) is 1.82. The van der Waals surface area contributed by atoms with Gasteiger partial charge in [0.05, 0.1) is 6.07 Å². The summed E-state index contributed by atoms with van der Waals surface area (Å²) in [6.45, 7) is 0.325. The molecule has 0 bridgehead atoms. The molecule has 2 aromatic rings. The highest BCUT2D eigenvalue weighted by Crippen LogP contribution is 2.16. The molecule has 94 valence electrons. The van der Waals surface area contributed by atoms with Gasteiger partial charge in [0, 0.05) is 23.9 Å². The molecule has 2 rings (SSSR count). The smallest absolute Gasteiger partial charge is 0.193 e. The number of benzene rings is 2. The Balaban J connectivity index is 2.20. The van der Waals surface area contributed by atoms with Crippen molar-refractivity contribution in [1.82, 2.24) is 0 Å². The van der Waals surface area contributed by atoms with Gasteiger partial charge in [-0.05, 0) is 24.3 Å². The molecule has 0 spiro atoms. The maximum Gasteiger partial charge on any atom is 0.193 e. The summed E-state index contributed by atoms with van der Waals surface area (Å²) < 4.78 is 0. The first-order valence-electron chi connectivity index (χ1n) is 6.00. The molecule has 0 N–H and O–H groups in total. The van der Waals surface area contributed by atoms with Crippen molar-refractivity contribution in [3.63, 3.8) is 0 Å². The van der Waals surface area contributed by atoms with Crippen LogP contribution in [0.4, 0.5) is 5.69 Å². The molecule has 0 aliphatic rings. The topological polar surface area (TPSA) is 44.1 Å². The first-order chi connectivity index (χ1) is 9.22. The first kappa shape index (κ1) is 12.8. The van der Waals surface area contributed by atoms with Crippen LogP contribution in [0.5, 0.6) is 0 Å². The number of nitrogens with zero attached hydrogens (tertiary/aromatic N) is 2. The zero-order chi connectivity index (χ0) is 13.7. The van der Waals surface area contributed by atoms with E-state index < -0.39 is 0 Å². The number of carbonyl (C=O) groups is 1. The number of rotatable bonds is 4. The van der Waals surface area contributed by atoms with Crippen molar-refractivity contribution in [3.8, 4) is 6.07 Å². The third-order valence-corrected chi connectivity index (χ3v) is 2.91. The molecule has 0 amide bonds. The molecule has 0 saturated heterocycles. The van der Waals surface area contributed by atoms with E-state index in [2.05, 4.69) is 6.07 Å². The van der Waals surface area contributed by atoms with Gasteiger partial charge in [-0.1, -0.05) is 30.3 Å². The van der Waals surface area contributed by atoms with Crippen molar-refractivity contribution < 1.29 is 4.79 Å². The maximum absolute atomic E-state index is 12.2. The van der Waals surface area contributed by atoms with Crippen LogP contribution in [0, 0.1) is 11.3 Å². The molecule has 19 heavy (non-hydrogen) atoms. The molecule has 0 heterocycles. The second kappa shape index (κ2) is 5.83. The van der Waals surface area contributed by atoms with Crippen LogP contribution in [-0.2, 0) is 0 Å². The monoisotopic (exact) mass is 250 g/mol. The van der Waals surface area contributed by atoms with Gasteiger partial charge < -0.3 is 4.90 Å². The van der Waals surface area contributed by atoms with Crippen LogP contribution in [0.3, 0.4) is 0 Å². The average Bonchev–Trinajstić information content (AvgIpc) is 2.48. The minimum atomic E-state index is 0.00934. The van der Waals surface area contributed by atoms with Crippen molar-refractivity contribution >= 4 is 11.5 Å². The van der Waals surface area contributed by atoms with Crippen LogP contribution in [0.25, 0.3) is 0 Å². The van der Waals surface area contributed by atoms with Crippen LogP contribution in [-0.4, -0.2) is 19.4 Å². The Morgan fingerprint density at radius 1 is 1.05 bits per heavy atom. The Hall–Kier alpha value is -2.60. The van der Waals surface area contributed by atoms with E-state index in [0.29, 0.717) is 17.7 Å². The normalized spacial score (nSPS) is 9.68. The largest absolute Gasteiger partial charge is 0.361 e. The summed E-state index contributed by atoms with van der Waals surface area (Å²) in [5, 5.41) is 8.64. The lowest BCUT2D eigenvalue weighted by molar-refractivity contribution is 0.103. The fraction of sp³-hybridized carbons (Fsp3) is 0.125. The van der Waals surface area contributed by atoms with Crippen LogP contribution in [0.15, 0.2) is 54.6 Å². The molecule has 0 aliphatic carbocycles. The van der Waals surface area contributed by atoms with Gasteiger partial charge in [0.15, 0.2) is 5.78 Å². The standard InChI is InChI=1S/C16H14N2O/c1-18(12-11-17)15-9-7-14(8-10-15)16(19)13-5-3-2-4-6-13/h2-10H,12H2,1H3. The molecule has 0 unspecified atom stereocenters. The van der Waals surface area contributed by atoms with E-state index >= 15 is 0 Å². The second-order valence-corrected chi connectivity index (χ2v) is 4.26. The number of hydrogen-bond donors (Lipinski definition) is 0. The van der Waals surface area contributed by atoms with Gasteiger partial charge in [0.1, 0.15) is 6.54 Å². The molecule has 0 aliphatic heterocycles. The third-order valence-electron chi connectivity index (χ3n) is 2.91. The van der Waals surface area contributed by atoms with Crippen molar-refractivity contribution in [2.24, 2.45) is 0 Å². The van der Waals surface area contributed by atoms with Gasteiger partial charge in [-0.2, -0.15) is 5.26 Å². The summed E-state index contributed by atoms with van der Waals surface area (Å²) >= 11 is 0. The zero-order valence-corrected chi connectivity index (χ0v) is 10.7. The molecular formula is C16H14N2O. The van der Waals surface area contributed by atoms with Crippen LogP contribution < -0.4 is 4.90 Å². The minimum absolute atomic E-state index is 0.00934. The quantitative estimate of drug-likeness (QED) is 0.619. The lowest BCUT2D eigenvalue weighted by Crippen LogP contribution is -2.16. The molecule has 3 heteroatoms. The van der Waals surface area contributed by atoms with Gasteiger partial charge in [-0.15, -0.1) is 0 Å². The van der Waals surface area contributed by atoms with Crippen LogP contribution in [0.2, 0.25) is 0 Å². The van der Waals surface area contributed by atoms with Gasteiger partial charge >= 0.3 is 0 Å². The van der Waals surface area contributed by atoms with Crippen LogP contribution in [0.1, 0.15) is 15.9 Å². The highest BCUT2D eigenvalue weighted by molar-refractivity contribution is 6.09. The number of ketones is 1. The minimum Gasteiger partial charge on any atom is -0.361 e. The van der Waals surface area contributed by atoms with E-state index in [1.165, 1.54) is 0 Å². The molecule has 0 atom stereocenters. The molecule has 0 saturated carbocycles. The van der Waals surface area contributed by atoms with Crippen molar-refractivity contribution in [1.29, 1.82) is 5.26 Å². The zero-order valence-electron chi connectivity index (χ0n) is 10.7. The molecule has 2 aromatic carbocycles. The molecule has 0 fully saturated rings. The SMILES string of the molecule is CN(CC#N)c1ccc(C(=O)c2ccccc2)cc1. The van der Waals surface area contributed by atoms with Crippen molar-refractivity contribution in [3.05, 3.63) is 65.7 Å². The number of nitriles is 1. The summed E-state index contributed by atoms with van der Waals surface area (Å²) in [4.78, 5) is 14.0. The third kappa shape index (κ3) is 2.99. The lowest BCUT2D eigenvalue weighted by Gasteiger charge is -2.15. The fourth-order valence-electron chi connectivity index (χ4n) is 1.82.